The molecule has 0 saturated heterocycles. The lowest BCUT2D eigenvalue weighted by atomic mass is 10.0. The summed E-state index contributed by atoms with van der Waals surface area (Å²) < 4.78 is 0. The fourth-order valence-electron chi connectivity index (χ4n) is 1.64. The van der Waals surface area contributed by atoms with Gasteiger partial charge in [-0.3, -0.25) is 0 Å². The van der Waals surface area contributed by atoms with E-state index in [-0.39, 0.29) is 0 Å². The van der Waals surface area contributed by atoms with Crippen molar-refractivity contribution in [2.24, 2.45) is 0 Å². The molecule has 0 heterocycles. The van der Waals surface area contributed by atoms with Crippen LogP contribution in [0.25, 0.3) is 0 Å². The molecule has 14 heavy (non-hydrogen) atoms. The van der Waals surface area contributed by atoms with E-state index in [2.05, 4.69) is 39.0 Å². The fourth-order valence-corrected chi connectivity index (χ4v) is 1.64. The van der Waals surface area contributed by atoms with Crippen molar-refractivity contribution in [1.29, 1.82) is 0 Å². The lowest BCUT2D eigenvalue weighted by Crippen LogP contribution is -1.88. The van der Waals surface area contributed by atoms with Gasteiger partial charge in [-0.15, -0.1) is 0 Å². The van der Waals surface area contributed by atoms with Crippen molar-refractivity contribution < 1.29 is 0 Å². The van der Waals surface area contributed by atoms with Gasteiger partial charge in [-0.25, -0.2) is 0 Å². The summed E-state index contributed by atoms with van der Waals surface area (Å²) in [5.41, 5.74) is 4.29. The number of rotatable bonds is 5. The fraction of sp³-hybridized carbons (Fsp3) is 0.500. The van der Waals surface area contributed by atoms with Crippen LogP contribution in [0.2, 0.25) is 0 Å². The van der Waals surface area contributed by atoms with E-state index in [1.807, 2.05) is 0 Å². The summed E-state index contributed by atoms with van der Waals surface area (Å²) in [4.78, 5) is 0. The average molecular weight is 189 g/mol. The second kappa shape index (κ2) is 5.85. The van der Waals surface area contributed by atoms with Crippen molar-refractivity contribution in [3.05, 3.63) is 41.8 Å². The van der Waals surface area contributed by atoms with Crippen LogP contribution in [0.1, 0.15) is 42.4 Å². The van der Waals surface area contributed by atoms with Gasteiger partial charge in [0.05, 0.1) is 0 Å². The predicted octanol–water partition coefficient (Wildman–Crippen LogP) is 4.24. The Morgan fingerprint density at radius 3 is 2.43 bits per heavy atom. The van der Waals surface area contributed by atoms with Gasteiger partial charge in [-0.05, 0) is 43.4 Å². The zero-order valence-corrected chi connectivity index (χ0v) is 9.47. The maximum atomic E-state index is 3.86. The third-order valence-electron chi connectivity index (χ3n) is 2.79. The summed E-state index contributed by atoms with van der Waals surface area (Å²) in [7, 11) is 0. The smallest absolute Gasteiger partial charge is 0.0279 e. The third kappa shape index (κ3) is 3.53. The van der Waals surface area contributed by atoms with Gasteiger partial charge in [-0.1, -0.05) is 44.4 Å². The molecule has 77 valence electrons. The van der Waals surface area contributed by atoms with E-state index in [1.54, 1.807) is 0 Å². The van der Waals surface area contributed by atoms with Crippen LogP contribution >= 0.6 is 0 Å². The Morgan fingerprint density at radius 2 is 1.79 bits per heavy atom. The Kier molecular flexibility index (Phi) is 4.72. The molecule has 0 bridgehead atoms. The normalized spacial score (nSPS) is 10.5. The van der Waals surface area contributed by atoms with Crippen LogP contribution in [0.4, 0.5) is 0 Å². The molecule has 1 aromatic rings. The minimum absolute atomic E-state index is 1.08. The summed E-state index contributed by atoms with van der Waals surface area (Å²) in [6, 6.07) is 6.80. The van der Waals surface area contributed by atoms with Crippen molar-refractivity contribution in [1.82, 2.24) is 0 Å². The molecule has 0 spiro atoms. The number of hydrogen-bond donors (Lipinski definition) is 0. The molecule has 0 aliphatic carbocycles. The second-order valence-electron chi connectivity index (χ2n) is 4.08. The summed E-state index contributed by atoms with van der Waals surface area (Å²) in [6.07, 6.45) is 6.19. The van der Waals surface area contributed by atoms with Crippen molar-refractivity contribution in [2.45, 2.75) is 46.0 Å². The van der Waals surface area contributed by atoms with Crippen LogP contribution in [0.5, 0.6) is 0 Å². The van der Waals surface area contributed by atoms with E-state index in [0.717, 1.165) is 6.42 Å². The molecule has 1 radical (unpaired) electrons. The minimum atomic E-state index is 1.08. The first-order chi connectivity index (χ1) is 6.74. The maximum absolute atomic E-state index is 3.86. The van der Waals surface area contributed by atoms with E-state index in [1.165, 1.54) is 42.4 Å². The lowest BCUT2D eigenvalue weighted by Gasteiger charge is -2.04. The highest BCUT2D eigenvalue weighted by molar-refractivity contribution is 5.29. The predicted molar refractivity (Wildman–Crippen MR) is 63.4 cm³/mol. The molecule has 0 saturated carbocycles. The molecule has 0 unspecified atom stereocenters. The standard InChI is InChI=1S/C14H21/c1-4-5-6-7-8-14-10-9-12(2)13(3)11-14/h9-11H,1,4-8H2,2-3H3. The highest BCUT2D eigenvalue weighted by Crippen LogP contribution is 2.12. The Morgan fingerprint density at radius 1 is 1.00 bits per heavy atom. The molecular formula is C14H21. The SMILES string of the molecule is [CH2]CCCCCc1ccc(C)c(C)c1. The first-order valence-electron chi connectivity index (χ1n) is 5.59. The van der Waals surface area contributed by atoms with E-state index in [9.17, 15) is 0 Å². The zero-order chi connectivity index (χ0) is 10.4. The number of benzene rings is 1. The summed E-state index contributed by atoms with van der Waals surface area (Å²) >= 11 is 0. The average Bonchev–Trinajstić information content (AvgIpc) is 2.18. The molecule has 1 rings (SSSR count). The monoisotopic (exact) mass is 189 g/mol. The minimum Gasteiger partial charge on any atom is -0.0588 e. The largest absolute Gasteiger partial charge is 0.0588 e. The van der Waals surface area contributed by atoms with E-state index >= 15 is 0 Å². The van der Waals surface area contributed by atoms with Gasteiger partial charge in [0.1, 0.15) is 0 Å². The first kappa shape index (κ1) is 11.3. The molecule has 0 heteroatoms. The van der Waals surface area contributed by atoms with Crippen LogP contribution in [0, 0.1) is 20.8 Å². The number of hydrogen-bond acceptors (Lipinski definition) is 0. The van der Waals surface area contributed by atoms with Gasteiger partial charge in [0.2, 0.25) is 0 Å². The number of unbranched alkanes of at least 4 members (excludes halogenated alkanes) is 3. The van der Waals surface area contributed by atoms with Crippen LogP contribution in [-0.2, 0) is 6.42 Å². The molecule has 0 aliphatic rings. The Bertz CT molecular complexity index is 273. The first-order valence-corrected chi connectivity index (χ1v) is 5.59. The topological polar surface area (TPSA) is 0 Å². The van der Waals surface area contributed by atoms with Gasteiger partial charge in [0, 0.05) is 0 Å². The van der Waals surface area contributed by atoms with Crippen molar-refractivity contribution in [3.63, 3.8) is 0 Å². The van der Waals surface area contributed by atoms with Crippen LogP contribution in [0.15, 0.2) is 18.2 Å². The molecule has 0 fully saturated rings. The highest BCUT2D eigenvalue weighted by Gasteiger charge is 1.96. The Labute approximate surface area is 88.4 Å². The van der Waals surface area contributed by atoms with Crippen LogP contribution < -0.4 is 0 Å². The summed E-state index contributed by atoms with van der Waals surface area (Å²) in [6.45, 7) is 8.21. The van der Waals surface area contributed by atoms with Crippen molar-refractivity contribution in [2.75, 3.05) is 0 Å². The number of aryl methyl sites for hydroxylation is 3. The summed E-state index contributed by atoms with van der Waals surface area (Å²) in [5.74, 6) is 0. The van der Waals surface area contributed by atoms with Gasteiger partial charge in [0.15, 0.2) is 0 Å². The van der Waals surface area contributed by atoms with Crippen LogP contribution in [-0.4, -0.2) is 0 Å². The lowest BCUT2D eigenvalue weighted by molar-refractivity contribution is 0.685. The Balaban J connectivity index is 2.39. The van der Waals surface area contributed by atoms with E-state index < -0.39 is 0 Å². The molecule has 0 atom stereocenters. The van der Waals surface area contributed by atoms with Crippen LogP contribution in [0.3, 0.4) is 0 Å². The van der Waals surface area contributed by atoms with E-state index in [4.69, 9.17) is 0 Å². The van der Waals surface area contributed by atoms with E-state index in [0.29, 0.717) is 0 Å². The molecule has 0 N–H and O–H groups in total. The highest BCUT2D eigenvalue weighted by atomic mass is 14.0. The van der Waals surface area contributed by atoms with Crippen molar-refractivity contribution in [3.8, 4) is 0 Å². The van der Waals surface area contributed by atoms with Gasteiger partial charge in [-0.2, -0.15) is 0 Å². The third-order valence-corrected chi connectivity index (χ3v) is 2.79. The Hall–Kier alpha value is -0.780. The molecular weight excluding hydrogens is 168 g/mol. The molecule has 0 aromatic heterocycles. The van der Waals surface area contributed by atoms with Gasteiger partial charge >= 0.3 is 0 Å². The molecule has 0 nitrogen and oxygen atoms in total. The molecule has 1 aromatic carbocycles. The quantitative estimate of drug-likeness (QED) is 0.608. The zero-order valence-electron chi connectivity index (χ0n) is 9.47. The van der Waals surface area contributed by atoms with Gasteiger partial charge < -0.3 is 0 Å². The molecule has 0 amide bonds. The molecule has 0 aliphatic heterocycles. The second-order valence-corrected chi connectivity index (χ2v) is 4.08. The van der Waals surface area contributed by atoms with Gasteiger partial charge in [0.25, 0.3) is 0 Å². The maximum Gasteiger partial charge on any atom is -0.0279 e. The summed E-state index contributed by atoms with van der Waals surface area (Å²) in [5, 5.41) is 0. The van der Waals surface area contributed by atoms with Crippen molar-refractivity contribution >= 4 is 0 Å².